The molecule has 0 aliphatic carbocycles. The summed E-state index contributed by atoms with van der Waals surface area (Å²) in [5.41, 5.74) is 1.18. The molecule has 0 spiro atoms. The van der Waals surface area contributed by atoms with Gasteiger partial charge in [0, 0.05) is 33.6 Å². The van der Waals surface area contributed by atoms with E-state index in [1.54, 1.807) is 0 Å². The third kappa shape index (κ3) is 5.84. The Hall–Kier alpha value is -5.40. The highest BCUT2D eigenvalue weighted by Crippen LogP contribution is 2.58. The molecule has 0 heterocycles. The quantitative estimate of drug-likeness (QED) is 0.0830. The highest BCUT2D eigenvalue weighted by Gasteiger charge is 2.72. The molecule has 43 heavy (non-hydrogen) atoms. The lowest BCUT2D eigenvalue weighted by Gasteiger charge is -2.36. The summed E-state index contributed by atoms with van der Waals surface area (Å²) < 4.78 is 90.4. The van der Waals surface area contributed by atoms with Gasteiger partial charge in [-0.25, -0.2) is 4.39 Å². The van der Waals surface area contributed by atoms with E-state index in [2.05, 4.69) is 10.6 Å². The number of nitrogen functional groups attached to an aromatic ring is 2. The van der Waals surface area contributed by atoms with Crippen LogP contribution >= 0.6 is 0 Å². The molecule has 8 N–H and O–H groups in total. The van der Waals surface area contributed by atoms with Gasteiger partial charge in [-0.15, -0.1) is 0 Å². The molecule has 2 amide bonds. The molecular weight excluding hydrogens is 582 g/mol. The van der Waals surface area contributed by atoms with Crippen LogP contribution in [0, 0.1) is 0 Å². The SMILES string of the molecule is Nc1cccc(C(=O)Nc2cc(C(F)(F)C(F)(c3ccc(O)c(NC(=O)c4cccc(N)c4)c3)C(F)(F)F)ccc2O)c1. The normalized spacial score (nSPS) is 13.2. The van der Waals surface area contributed by atoms with Gasteiger partial charge in [-0.2, -0.15) is 22.0 Å². The number of aromatic hydroxyl groups is 2. The summed E-state index contributed by atoms with van der Waals surface area (Å²) in [5.74, 6) is -8.97. The highest BCUT2D eigenvalue weighted by molar-refractivity contribution is 6.06. The van der Waals surface area contributed by atoms with Gasteiger partial charge in [-0.1, -0.05) is 18.2 Å². The van der Waals surface area contributed by atoms with Crippen molar-refractivity contribution in [2.75, 3.05) is 22.1 Å². The maximum absolute atomic E-state index is 16.1. The first-order chi connectivity index (χ1) is 20.0. The largest absolute Gasteiger partial charge is 0.506 e. The number of anilines is 4. The minimum atomic E-state index is -6.26. The van der Waals surface area contributed by atoms with Crippen molar-refractivity contribution in [3.63, 3.8) is 0 Å². The summed E-state index contributed by atoms with van der Waals surface area (Å²) in [4.78, 5) is 25.1. The number of alkyl halides is 6. The fourth-order valence-electron chi connectivity index (χ4n) is 4.15. The number of nitrogens with two attached hydrogens (primary N) is 2. The van der Waals surface area contributed by atoms with Crippen molar-refractivity contribution in [1.82, 2.24) is 0 Å². The number of carbonyl (C=O) groups excluding carboxylic acids is 2. The zero-order valence-corrected chi connectivity index (χ0v) is 21.7. The van der Waals surface area contributed by atoms with Crippen LogP contribution in [-0.2, 0) is 11.6 Å². The van der Waals surface area contributed by atoms with Crippen molar-refractivity contribution in [3.05, 3.63) is 107 Å². The zero-order valence-electron chi connectivity index (χ0n) is 21.7. The first-order valence-electron chi connectivity index (χ1n) is 12.2. The topological polar surface area (TPSA) is 151 Å². The van der Waals surface area contributed by atoms with E-state index in [9.17, 15) is 33.0 Å². The minimum Gasteiger partial charge on any atom is -0.506 e. The molecule has 4 aromatic carbocycles. The lowest BCUT2D eigenvalue weighted by Crippen LogP contribution is -2.51. The molecule has 0 saturated heterocycles. The second-order valence-electron chi connectivity index (χ2n) is 9.35. The molecule has 0 aromatic heterocycles. The Balaban J connectivity index is 1.75. The molecule has 224 valence electrons. The average molecular weight is 605 g/mol. The molecule has 8 nitrogen and oxygen atoms in total. The summed E-state index contributed by atoms with van der Waals surface area (Å²) in [7, 11) is 0. The van der Waals surface area contributed by atoms with Crippen LogP contribution in [0.5, 0.6) is 11.5 Å². The van der Waals surface area contributed by atoms with Crippen molar-refractivity contribution >= 4 is 34.6 Å². The first-order valence-corrected chi connectivity index (χ1v) is 12.2. The van der Waals surface area contributed by atoms with Crippen molar-refractivity contribution in [1.29, 1.82) is 0 Å². The second-order valence-corrected chi connectivity index (χ2v) is 9.35. The Labute approximate surface area is 239 Å². The van der Waals surface area contributed by atoms with E-state index in [-0.39, 0.29) is 34.6 Å². The van der Waals surface area contributed by atoms with Gasteiger partial charge in [0.2, 0.25) is 0 Å². The molecule has 4 rings (SSSR count). The molecule has 1 unspecified atom stereocenters. The van der Waals surface area contributed by atoms with Gasteiger partial charge in [0.1, 0.15) is 11.5 Å². The van der Waals surface area contributed by atoms with Crippen molar-refractivity contribution in [2.24, 2.45) is 0 Å². The van der Waals surface area contributed by atoms with E-state index < -0.39 is 63.6 Å². The van der Waals surface area contributed by atoms with Gasteiger partial charge < -0.3 is 32.3 Å². The molecule has 0 saturated carbocycles. The predicted molar refractivity (Wildman–Crippen MR) is 147 cm³/mol. The van der Waals surface area contributed by atoms with Crippen LogP contribution in [-0.4, -0.2) is 28.2 Å². The Morgan fingerprint density at radius 1 is 0.605 bits per heavy atom. The number of benzene rings is 4. The molecule has 0 aliphatic rings. The van der Waals surface area contributed by atoms with Gasteiger partial charge in [-0.05, 0) is 66.7 Å². The standard InChI is InChI=1S/C29H22F6N4O4/c30-27(29(33,34)35,17-7-9-23(40)21(13-17)38-25(42)15-3-1-5-19(36)11-15)28(31,32)18-8-10-24(41)22(14-18)39-26(43)16-4-2-6-20(37)12-16/h1-14,40-41H,36-37H2,(H,38,42)(H,39,43). The number of rotatable bonds is 7. The summed E-state index contributed by atoms with van der Waals surface area (Å²) in [6.07, 6.45) is -6.26. The number of hydrogen-bond acceptors (Lipinski definition) is 6. The van der Waals surface area contributed by atoms with Crippen LogP contribution in [0.3, 0.4) is 0 Å². The predicted octanol–water partition coefficient (Wildman–Crippen LogP) is 6.29. The van der Waals surface area contributed by atoms with Gasteiger partial charge in [0.15, 0.2) is 0 Å². The Morgan fingerprint density at radius 3 is 1.44 bits per heavy atom. The summed E-state index contributed by atoms with van der Waals surface area (Å²) in [6, 6.07) is 12.9. The molecule has 4 aromatic rings. The number of carbonyl (C=O) groups is 2. The maximum atomic E-state index is 16.1. The van der Waals surface area contributed by atoms with Gasteiger partial charge >= 0.3 is 12.1 Å². The molecule has 0 fully saturated rings. The van der Waals surface area contributed by atoms with Crippen molar-refractivity contribution in [3.8, 4) is 11.5 Å². The number of nitrogens with one attached hydrogen (secondary N) is 2. The van der Waals surface area contributed by atoms with Crippen LogP contribution < -0.4 is 22.1 Å². The molecule has 0 aliphatic heterocycles. The highest BCUT2D eigenvalue weighted by atomic mass is 19.4. The average Bonchev–Trinajstić information content (AvgIpc) is 2.94. The number of phenolic OH excluding ortho intramolecular Hbond substituents is 2. The zero-order chi connectivity index (χ0) is 31.7. The summed E-state index contributed by atoms with van der Waals surface area (Å²) in [5, 5.41) is 24.4. The minimum absolute atomic E-state index is 0.0662. The van der Waals surface area contributed by atoms with E-state index in [0.29, 0.717) is 24.3 Å². The summed E-state index contributed by atoms with van der Waals surface area (Å²) >= 11 is 0. The van der Waals surface area contributed by atoms with E-state index >= 15 is 13.2 Å². The van der Waals surface area contributed by atoms with Crippen LogP contribution in [0.2, 0.25) is 0 Å². The third-order valence-corrected chi connectivity index (χ3v) is 6.37. The van der Waals surface area contributed by atoms with Crippen LogP contribution in [0.4, 0.5) is 49.1 Å². The van der Waals surface area contributed by atoms with Gasteiger partial charge in [0.25, 0.3) is 17.5 Å². The molecule has 14 heteroatoms. The Morgan fingerprint density at radius 2 is 1.02 bits per heavy atom. The number of phenols is 2. The maximum Gasteiger partial charge on any atom is 0.433 e. The fraction of sp³-hybridized carbons (Fsp3) is 0.103. The first kappa shape index (κ1) is 30.6. The van der Waals surface area contributed by atoms with Crippen LogP contribution in [0.1, 0.15) is 31.8 Å². The Bertz CT molecular complexity index is 1710. The molecular formula is C29H22F6N4O4. The van der Waals surface area contributed by atoms with Crippen molar-refractivity contribution < 1.29 is 46.1 Å². The van der Waals surface area contributed by atoms with E-state index in [1.165, 1.54) is 48.5 Å². The van der Waals surface area contributed by atoms with E-state index in [1.807, 2.05) is 0 Å². The summed E-state index contributed by atoms with van der Waals surface area (Å²) in [6.45, 7) is 0. The smallest absolute Gasteiger partial charge is 0.433 e. The Kier molecular flexibility index (Phi) is 7.90. The van der Waals surface area contributed by atoms with Crippen molar-refractivity contribution in [2.45, 2.75) is 17.8 Å². The number of halogens is 6. The van der Waals surface area contributed by atoms with Crippen LogP contribution in [0.25, 0.3) is 0 Å². The monoisotopic (exact) mass is 604 g/mol. The van der Waals surface area contributed by atoms with E-state index in [4.69, 9.17) is 11.5 Å². The third-order valence-electron chi connectivity index (χ3n) is 6.37. The molecule has 0 radical (unpaired) electrons. The molecule has 1 atom stereocenters. The lowest BCUT2D eigenvalue weighted by molar-refractivity contribution is -0.314. The molecule has 0 bridgehead atoms. The fourth-order valence-corrected chi connectivity index (χ4v) is 4.15. The van der Waals surface area contributed by atoms with Gasteiger partial charge in [0.05, 0.1) is 11.4 Å². The van der Waals surface area contributed by atoms with E-state index in [0.717, 1.165) is 0 Å². The lowest BCUT2D eigenvalue weighted by atomic mass is 9.83. The van der Waals surface area contributed by atoms with Crippen LogP contribution in [0.15, 0.2) is 84.9 Å². The second kappa shape index (κ2) is 11.1. The number of amides is 2. The van der Waals surface area contributed by atoms with Gasteiger partial charge in [-0.3, -0.25) is 9.59 Å². The number of hydrogen-bond donors (Lipinski definition) is 6.